The van der Waals surface area contributed by atoms with Gasteiger partial charge in [0.2, 0.25) is 0 Å². The minimum absolute atomic E-state index is 0.0922. The molecule has 14 heavy (non-hydrogen) atoms. The van der Waals surface area contributed by atoms with E-state index >= 15 is 0 Å². The zero-order valence-corrected chi connectivity index (χ0v) is 8.53. The van der Waals surface area contributed by atoms with Gasteiger partial charge in [0.1, 0.15) is 5.75 Å². The Kier molecular flexibility index (Phi) is 2.46. The summed E-state index contributed by atoms with van der Waals surface area (Å²) in [4.78, 5) is 0. The minimum Gasteiger partial charge on any atom is -0.508 e. The summed E-state index contributed by atoms with van der Waals surface area (Å²) >= 11 is 0. The van der Waals surface area contributed by atoms with Crippen molar-refractivity contribution in [2.75, 3.05) is 0 Å². The number of nitrogens with two attached hydrogens (primary N) is 1. The van der Waals surface area contributed by atoms with Crippen molar-refractivity contribution < 1.29 is 5.11 Å². The van der Waals surface area contributed by atoms with E-state index in [0.717, 1.165) is 17.9 Å². The van der Waals surface area contributed by atoms with Gasteiger partial charge in [-0.05, 0) is 42.5 Å². The van der Waals surface area contributed by atoms with Gasteiger partial charge in [-0.1, -0.05) is 18.9 Å². The predicted octanol–water partition coefficient (Wildman–Crippen LogP) is 2.50. The van der Waals surface area contributed by atoms with Gasteiger partial charge in [0.25, 0.3) is 0 Å². The van der Waals surface area contributed by atoms with Crippen LogP contribution in [-0.2, 0) is 0 Å². The van der Waals surface area contributed by atoms with E-state index in [4.69, 9.17) is 5.73 Å². The zero-order chi connectivity index (χ0) is 10.1. The molecule has 0 aliphatic heterocycles. The fourth-order valence-corrected chi connectivity index (χ4v) is 1.87. The van der Waals surface area contributed by atoms with Gasteiger partial charge in [-0.3, -0.25) is 0 Å². The number of hydrogen-bond acceptors (Lipinski definition) is 2. The van der Waals surface area contributed by atoms with Crippen molar-refractivity contribution in [3.8, 4) is 5.75 Å². The average molecular weight is 191 g/mol. The Hall–Kier alpha value is -1.02. The Morgan fingerprint density at radius 2 is 2.21 bits per heavy atom. The Balaban J connectivity index is 2.15. The molecule has 1 aliphatic rings. The van der Waals surface area contributed by atoms with Gasteiger partial charge in [0.15, 0.2) is 0 Å². The molecular formula is C12H17NO. The maximum atomic E-state index is 9.38. The Morgan fingerprint density at radius 3 is 2.86 bits per heavy atom. The number of rotatable bonds is 3. The van der Waals surface area contributed by atoms with E-state index < -0.39 is 0 Å². The van der Waals surface area contributed by atoms with Crippen LogP contribution < -0.4 is 5.73 Å². The van der Waals surface area contributed by atoms with Crippen molar-refractivity contribution in [1.29, 1.82) is 0 Å². The van der Waals surface area contributed by atoms with Crippen LogP contribution in [0.3, 0.4) is 0 Å². The molecule has 2 heteroatoms. The van der Waals surface area contributed by atoms with Gasteiger partial charge < -0.3 is 10.8 Å². The van der Waals surface area contributed by atoms with Gasteiger partial charge >= 0.3 is 0 Å². The molecule has 76 valence electrons. The highest BCUT2D eigenvalue weighted by molar-refractivity contribution is 5.36. The lowest BCUT2D eigenvalue weighted by Crippen LogP contribution is -2.12. The van der Waals surface area contributed by atoms with Gasteiger partial charge in [-0.15, -0.1) is 0 Å². The zero-order valence-electron chi connectivity index (χ0n) is 8.53. The largest absolute Gasteiger partial charge is 0.508 e. The van der Waals surface area contributed by atoms with E-state index in [0.29, 0.717) is 5.75 Å². The Morgan fingerprint density at radius 1 is 1.50 bits per heavy atom. The van der Waals surface area contributed by atoms with Gasteiger partial charge in [-0.25, -0.2) is 0 Å². The Bertz CT molecular complexity index is 331. The third-order valence-electron chi connectivity index (χ3n) is 2.95. The molecule has 0 heterocycles. The molecule has 1 atom stereocenters. The first kappa shape index (κ1) is 9.53. The molecule has 2 nitrogen and oxygen atoms in total. The van der Waals surface area contributed by atoms with Crippen LogP contribution in [-0.4, -0.2) is 5.11 Å². The van der Waals surface area contributed by atoms with Crippen LogP contribution in [0.2, 0.25) is 0 Å². The molecule has 0 amide bonds. The molecule has 1 aromatic carbocycles. The smallest absolute Gasteiger partial charge is 0.115 e. The average Bonchev–Trinajstić information content (AvgIpc) is 2.93. The molecule has 3 N–H and O–H groups in total. The van der Waals surface area contributed by atoms with Crippen molar-refractivity contribution in [1.82, 2.24) is 0 Å². The van der Waals surface area contributed by atoms with E-state index in [1.54, 1.807) is 12.1 Å². The molecule has 1 aliphatic carbocycles. The topological polar surface area (TPSA) is 46.2 Å². The Labute approximate surface area is 84.7 Å². The molecule has 2 rings (SSSR count). The normalized spacial score (nSPS) is 18.1. The summed E-state index contributed by atoms with van der Waals surface area (Å²) in [5.41, 5.74) is 8.37. The summed E-state index contributed by atoms with van der Waals surface area (Å²) < 4.78 is 0. The summed E-state index contributed by atoms with van der Waals surface area (Å²) in [6.07, 6.45) is 3.71. The fraction of sp³-hybridized carbons (Fsp3) is 0.500. The SMILES string of the molecule is Cc1ccc(O)cc1C(N)CC1CC1. The molecule has 0 radical (unpaired) electrons. The fourth-order valence-electron chi connectivity index (χ4n) is 1.87. The summed E-state index contributed by atoms with van der Waals surface area (Å²) in [6.45, 7) is 2.04. The molecule has 0 saturated heterocycles. The number of hydrogen-bond donors (Lipinski definition) is 2. The second-order valence-electron chi connectivity index (χ2n) is 4.33. The first-order chi connectivity index (χ1) is 6.66. The van der Waals surface area contributed by atoms with Crippen molar-refractivity contribution in [2.24, 2.45) is 11.7 Å². The third kappa shape index (κ3) is 2.07. The van der Waals surface area contributed by atoms with Crippen molar-refractivity contribution in [3.63, 3.8) is 0 Å². The van der Waals surface area contributed by atoms with Crippen LogP contribution in [0.15, 0.2) is 18.2 Å². The lowest BCUT2D eigenvalue weighted by atomic mass is 9.97. The third-order valence-corrected chi connectivity index (χ3v) is 2.95. The van der Waals surface area contributed by atoms with Crippen LogP contribution in [0.5, 0.6) is 5.75 Å². The summed E-state index contributed by atoms with van der Waals surface area (Å²) in [6, 6.07) is 5.53. The number of phenols is 1. The monoisotopic (exact) mass is 191 g/mol. The molecule has 1 saturated carbocycles. The highest BCUT2D eigenvalue weighted by Crippen LogP contribution is 2.37. The number of phenolic OH excluding ortho intramolecular Hbond substituents is 1. The van der Waals surface area contributed by atoms with E-state index in [2.05, 4.69) is 0 Å². The maximum absolute atomic E-state index is 9.38. The first-order valence-corrected chi connectivity index (χ1v) is 5.22. The summed E-state index contributed by atoms with van der Waals surface area (Å²) in [5.74, 6) is 1.14. The van der Waals surface area contributed by atoms with Crippen LogP contribution >= 0.6 is 0 Å². The standard InChI is InChI=1S/C12H17NO/c1-8-2-5-10(14)7-11(8)12(13)6-9-3-4-9/h2,5,7,9,12,14H,3-4,6,13H2,1H3. The van der Waals surface area contributed by atoms with E-state index in [-0.39, 0.29) is 6.04 Å². The molecular weight excluding hydrogens is 174 g/mol. The van der Waals surface area contributed by atoms with Gasteiger partial charge in [0, 0.05) is 6.04 Å². The number of aryl methyl sites for hydroxylation is 1. The molecule has 1 aromatic rings. The number of benzene rings is 1. The minimum atomic E-state index is 0.0922. The van der Waals surface area contributed by atoms with Gasteiger partial charge in [0.05, 0.1) is 0 Å². The maximum Gasteiger partial charge on any atom is 0.115 e. The highest BCUT2D eigenvalue weighted by atomic mass is 16.3. The first-order valence-electron chi connectivity index (χ1n) is 5.22. The van der Waals surface area contributed by atoms with Crippen LogP contribution in [0.1, 0.15) is 36.4 Å². The molecule has 1 unspecified atom stereocenters. The van der Waals surface area contributed by atoms with Crippen molar-refractivity contribution >= 4 is 0 Å². The highest BCUT2D eigenvalue weighted by Gasteiger charge is 2.25. The lowest BCUT2D eigenvalue weighted by molar-refractivity contribution is 0.472. The molecule has 0 aromatic heterocycles. The lowest BCUT2D eigenvalue weighted by Gasteiger charge is -2.14. The van der Waals surface area contributed by atoms with E-state index in [1.807, 2.05) is 13.0 Å². The summed E-state index contributed by atoms with van der Waals surface area (Å²) in [7, 11) is 0. The summed E-state index contributed by atoms with van der Waals surface area (Å²) in [5, 5.41) is 9.38. The molecule has 1 fully saturated rings. The molecule has 0 bridgehead atoms. The van der Waals surface area contributed by atoms with Crippen LogP contribution in [0, 0.1) is 12.8 Å². The van der Waals surface area contributed by atoms with Crippen LogP contribution in [0.25, 0.3) is 0 Å². The van der Waals surface area contributed by atoms with E-state index in [1.165, 1.54) is 18.4 Å². The number of aromatic hydroxyl groups is 1. The van der Waals surface area contributed by atoms with Crippen molar-refractivity contribution in [3.05, 3.63) is 29.3 Å². The second-order valence-corrected chi connectivity index (χ2v) is 4.33. The van der Waals surface area contributed by atoms with Crippen LogP contribution in [0.4, 0.5) is 0 Å². The van der Waals surface area contributed by atoms with E-state index in [9.17, 15) is 5.11 Å². The predicted molar refractivity (Wildman–Crippen MR) is 57.1 cm³/mol. The molecule has 0 spiro atoms. The quantitative estimate of drug-likeness (QED) is 0.771. The van der Waals surface area contributed by atoms with Gasteiger partial charge in [-0.2, -0.15) is 0 Å². The second kappa shape index (κ2) is 3.62. The van der Waals surface area contributed by atoms with Crippen molar-refractivity contribution in [2.45, 2.75) is 32.2 Å².